The molecule has 2 fully saturated rings. The quantitative estimate of drug-likeness (QED) is 0.380. The third-order valence-electron chi connectivity index (χ3n) is 5.10. The zero-order valence-electron chi connectivity index (χ0n) is 16.1. The average molecular weight is 387 g/mol. The summed E-state index contributed by atoms with van der Waals surface area (Å²) in [5.74, 6) is -2.16. The van der Waals surface area contributed by atoms with E-state index in [9.17, 15) is 14.4 Å². The fraction of sp³-hybridized carbons (Fsp3) is 0.500. The molecular weight excluding hydrogens is 360 g/mol. The van der Waals surface area contributed by atoms with Gasteiger partial charge in [0.1, 0.15) is 13.1 Å². The highest BCUT2D eigenvalue weighted by molar-refractivity contribution is 6.27. The summed E-state index contributed by atoms with van der Waals surface area (Å²) >= 11 is 0. The lowest BCUT2D eigenvalue weighted by molar-refractivity contribution is -0.908. The predicted molar refractivity (Wildman–Crippen MR) is 103 cm³/mol. The van der Waals surface area contributed by atoms with E-state index in [1.165, 1.54) is 4.90 Å². The number of barbiturate groups is 1. The van der Waals surface area contributed by atoms with Gasteiger partial charge in [-0.1, -0.05) is 30.3 Å². The molecule has 3 rings (SSSR count). The van der Waals surface area contributed by atoms with E-state index in [1.54, 1.807) is 6.92 Å². The Balaban J connectivity index is 1.59. The standard InChI is InChI=1S/C20H26N4O4/c1-15(21-8-5-9-23-10-12-28-13-11-23)17-18(25)22-20(27)24(19(17)26)14-16-6-3-2-4-7-16/h2-4,6-7,17H,5,8-14H2,1H3,(H,22,25,27)/p+1. The third-order valence-corrected chi connectivity index (χ3v) is 5.10. The number of hydrogen-bond donors (Lipinski definition) is 2. The van der Waals surface area contributed by atoms with Crippen LogP contribution in [-0.4, -0.2) is 67.8 Å². The van der Waals surface area contributed by atoms with Crippen LogP contribution in [0.4, 0.5) is 4.79 Å². The van der Waals surface area contributed by atoms with Gasteiger partial charge in [-0.25, -0.2) is 4.79 Å². The fourth-order valence-corrected chi connectivity index (χ4v) is 3.48. The second-order valence-corrected chi connectivity index (χ2v) is 7.13. The number of nitrogens with zero attached hydrogens (tertiary/aromatic N) is 2. The maximum Gasteiger partial charge on any atom is 0.331 e. The number of ether oxygens (including phenoxy) is 1. The lowest BCUT2D eigenvalue weighted by Crippen LogP contribution is -3.14. The van der Waals surface area contributed by atoms with Crippen LogP contribution >= 0.6 is 0 Å². The van der Waals surface area contributed by atoms with Gasteiger partial charge < -0.3 is 9.64 Å². The number of hydrogen-bond acceptors (Lipinski definition) is 5. The second kappa shape index (κ2) is 9.57. The van der Waals surface area contributed by atoms with Crippen LogP contribution in [0, 0.1) is 5.92 Å². The molecule has 150 valence electrons. The maximum atomic E-state index is 12.8. The Morgan fingerprint density at radius 2 is 1.93 bits per heavy atom. The number of morpholine rings is 1. The normalized spacial score (nSPS) is 21.8. The number of urea groups is 1. The molecular formula is C20H27N4O4+. The van der Waals surface area contributed by atoms with Gasteiger partial charge in [0.2, 0.25) is 11.8 Å². The van der Waals surface area contributed by atoms with Gasteiger partial charge in [0, 0.05) is 18.7 Å². The van der Waals surface area contributed by atoms with Crippen LogP contribution in [0.2, 0.25) is 0 Å². The lowest BCUT2D eigenvalue weighted by atomic mass is 9.99. The van der Waals surface area contributed by atoms with Crippen LogP contribution in [0.3, 0.4) is 0 Å². The number of rotatable bonds is 7. The van der Waals surface area contributed by atoms with E-state index in [0.717, 1.165) is 49.7 Å². The first-order valence-corrected chi connectivity index (χ1v) is 9.68. The molecule has 2 heterocycles. The predicted octanol–water partition coefficient (Wildman–Crippen LogP) is -0.353. The minimum absolute atomic E-state index is 0.128. The molecule has 0 radical (unpaired) electrons. The Kier molecular flexibility index (Phi) is 6.89. The van der Waals surface area contributed by atoms with Crippen molar-refractivity contribution in [3.05, 3.63) is 35.9 Å². The summed E-state index contributed by atoms with van der Waals surface area (Å²) in [6.07, 6.45) is 0.877. The van der Waals surface area contributed by atoms with Crippen molar-refractivity contribution < 1.29 is 24.0 Å². The van der Waals surface area contributed by atoms with E-state index in [4.69, 9.17) is 4.74 Å². The van der Waals surface area contributed by atoms with Crippen molar-refractivity contribution in [1.29, 1.82) is 0 Å². The highest BCUT2D eigenvalue weighted by atomic mass is 16.5. The van der Waals surface area contributed by atoms with Gasteiger partial charge in [-0.05, 0) is 12.5 Å². The first-order valence-electron chi connectivity index (χ1n) is 9.68. The van der Waals surface area contributed by atoms with Crippen molar-refractivity contribution in [3.63, 3.8) is 0 Å². The van der Waals surface area contributed by atoms with Crippen LogP contribution in [0.1, 0.15) is 18.9 Å². The van der Waals surface area contributed by atoms with Crippen molar-refractivity contribution in [2.75, 3.05) is 39.4 Å². The van der Waals surface area contributed by atoms with E-state index >= 15 is 0 Å². The highest BCUT2D eigenvalue weighted by Gasteiger charge is 2.41. The van der Waals surface area contributed by atoms with Crippen molar-refractivity contribution >= 4 is 23.6 Å². The Bertz CT molecular complexity index is 744. The Morgan fingerprint density at radius 1 is 1.21 bits per heavy atom. The molecule has 0 bridgehead atoms. The zero-order valence-corrected chi connectivity index (χ0v) is 16.1. The van der Waals surface area contributed by atoms with Crippen LogP contribution < -0.4 is 10.2 Å². The number of benzene rings is 1. The largest absolute Gasteiger partial charge is 0.370 e. The SMILES string of the molecule is CC(=NCCC[NH+]1CCOCC1)C1C(=O)NC(=O)N(Cc2ccccc2)C1=O. The van der Waals surface area contributed by atoms with Crippen LogP contribution in [0.25, 0.3) is 0 Å². The van der Waals surface area contributed by atoms with E-state index in [0.29, 0.717) is 12.3 Å². The molecule has 2 aliphatic heterocycles. The van der Waals surface area contributed by atoms with Gasteiger partial charge in [-0.2, -0.15) is 0 Å². The summed E-state index contributed by atoms with van der Waals surface area (Å²) in [6.45, 7) is 6.94. The van der Waals surface area contributed by atoms with Crippen molar-refractivity contribution in [2.24, 2.45) is 10.9 Å². The van der Waals surface area contributed by atoms with Gasteiger partial charge in [-0.15, -0.1) is 0 Å². The molecule has 4 amide bonds. The smallest absolute Gasteiger partial charge is 0.331 e. The van der Waals surface area contributed by atoms with Gasteiger partial charge in [0.25, 0.3) is 0 Å². The summed E-state index contributed by atoms with van der Waals surface area (Å²) in [5, 5.41) is 2.28. The Hall–Kier alpha value is -2.58. The molecule has 8 heteroatoms. The van der Waals surface area contributed by atoms with Crippen molar-refractivity contribution in [1.82, 2.24) is 10.2 Å². The van der Waals surface area contributed by atoms with E-state index in [-0.39, 0.29) is 6.54 Å². The average Bonchev–Trinajstić information content (AvgIpc) is 2.70. The highest BCUT2D eigenvalue weighted by Crippen LogP contribution is 2.16. The first kappa shape index (κ1) is 20.2. The number of nitrogens with one attached hydrogen (secondary N) is 2. The monoisotopic (exact) mass is 387 g/mol. The first-order chi connectivity index (χ1) is 13.6. The zero-order chi connectivity index (χ0) is 19.9. The molecule has 0 aliphatic carbocycles. The molecule has 2 N–H and O–H groups in total. The molecule has 1 unspecified atom stereocenters. The number of carbonyl (C=O) groups excluding carboxylic acids is 3. The van der Waals surface area contributed by atoms with Crippen LogP contribution in [0.5, 0.6) is 0 Å². The van der Waals surface area contributed by atoms with Crippen LogP contribution in [0.15, 0.2) is 35.3 Å². The molecule has 0 spiro atoms. The summed E-state index contributed by atoms with van der Waals surface area (Å²) < 4.78 is 5.35. The summed E-state index contributed by atoms with van der Waals surface area (Å²) in [7, 11) is 0. The molecule has 2 aliphatic rings. The molecule has 1 aromatic carbocycles. The van der Waals surface area contributed by atoms with Crippen LogP contribution in [-0.2, 0) is 20.9 Å². The van der Waals surface area contributed by atoms with Gasteiger partial charge in [0.15, 0.2) is 5.92 Å². The third kappa shape index (κ3) is 5.02. The number of carbonyl (C=O) groups is 3. The van der Waals surface area contributed by atoms with E-state index in [1.807, 2.05) is 30.3 Å². The molecule has 2 saturated heterocycles. The molecule has 0 saturated carbocycles. The van der Waals surface area contributed by atoms with Gasteiger partial charge >= 0.3 is 6.03 Å². The molecule has 8 nitrogen and oxygen atoms in total. The second-order valence-electron chi connectivity index (χ2n) is 7.13. The Morgan fingerprint density at radius 3 is 2.64 bits per heavy atom. The number of aliphatic imine (C=N–C) groups is 1. The van der Waals surface area contributed by atoms with E-state index in [2.05, 4.69) is 10.3 Å². The number of imide groups is 2. The minimum Gasteiger partial charge on any atom is -0.370 e. The molecule has 0 aromatic heterocycles. The van der Waals surface area contributed by atoms with Crippen molar-refractivity contribution in [2.45, 2.75) is 19.9 Å². The molecule has 1 aromatic rings. The lowest BCUT2D eigenvalue weighted by Gasteiger charge is -2.30. The summed E-state index contributed by atoms with van der Waals surface area (Å²) in [6, 6.07) is 8.53. The van der Waals surface area contributed by atoms with E-state index < -0.39 is 23.8 Å². The van der Waals surface area contributed by atoms with Gasteiger partial charge in [0.05, 0.1) is 26.3 Å². The number of quaternary nitrogens is 1. The fourth-order valence-electron chi connectivity index (χ4n) is 3.48. The number of amides is 4. The molecule has 28 heavy (non-hydrogen) atoms. The minimum atomic E-state index is -1.04. The topological polar surface area (TPSA) is 92.5 Å². The van der Waals surface area contributed by atoms with Gasteiger partial charge in [-0.3, -0.25) is 24.8 Å². The Labute approximate surface area is 164 Å². The summed E-state index contributed by atoms with van der Waals surface area (Å²) in [5.41, 5.74) is 1.27. The summed E-state index contributed by atoms with van der Waals surface area (Å²) in [4.78, 5) is 44.2. The van der Waals surface area contributed by atoms with Crippen molar-refractivity contribution in [3.8, 4) is 0 Å². The maximum absolute atomic E-state index is 12.8. The molecule has 1 atom stereocenters.